The standard InChI is InChI=1S/C13H17NO4S/c1-2-3-6-19-8-12(16)14-9-4-5-11(15)10(7-9)13(17)18/h4-5,7,15H,2-3,6,8H2,1H3,(H,14,16)(H,17,18). The van der Waals surface area contributed by atoms with Crippen LogP contribution in [0.1, 0.15) is 30.1 Å². The number of thioether (sulfide) groups is 1. The van der Waals surface area contributed by atoms with Crippen LogP contribution in [-0.4, -0.2) is 33.6 Å². The zero-order chi connectivity index (χ0) is 14.3. The van der Waals surface area contributed by atoms with Crippen molar-refractivity contribution < 1.29 is 19.8 Å². The molecule has 1 amide bonds. The van der Waals surface area contributed by atoms with Crippen LogP contribution in [0.15, 0.2) is 18.2 Å². The summed E-state index contributed by atoms with van der Waals surface area (Å²) in [6.45, 7) is 2.09. The molecular weight excluding hydrogens is 266 g/mol. The fourth-order valence-electron chi connectivity index (χ4n) is 1.39. The van der Waals surface area contributed by atoms with Crippen molar-refractivity contribution in [1.29, 1.82) is 0 Å². The number of phenols is 1. The van der Waals surface area contributed by atoms with Crippen LogP contribution in [0, 0.1) is 0 Å². The summed E-state index contributed by atoms with van der Waals surface area (Å²) < 4.78 is 0. The SMILES string of the molecule is CCCCSCC(=O)Nc1ccc(O)c(C(=O)O)c1. The zero-order valence-electron chi connectivity index (χ0n) is 10.7. The van der Waals surface area contributed by atoms with Crippen molar-refractivity contribution in [3.05, 3.63) is 23.8 Å². The van der Waals surface area contributed by atoms with E-state index in [0.717, 1.165) is 18.6 Å². The van der Waals surface area contributed by atoms with E-state index >= 15 is 0 Å². The van der Waals surface area contributed by atoms with Gasteiger partial charge in [-0.05, 0) is 30.4 Å². The maximum Gasteiger partial charge on any atom is 0.339 e. The number of carboxylic acid groups (broad SMARTS) is 1. The summed E-state index contributed by atoms with van der Waals surface area (Å²) in [7, 11) is 0. The van der Waals surface area contributed by atoms with E-state index in [1.165, 1.54) is 18.2 Å². The summed E-state index contributed by atoms with van der Waals surface area (Å²) in [5.41, 5.74) is 0.146. The van der Waals surface area contributed by atoms with E-state index < -0.39 is 5.97 Å². The number of aromatic hydroxyl groups is 1. The van der Waals surface area contributed by atoms with Crippen molar-refractivity contribution in [2.45, 2.75) is 19.8 Å². The highest BCUT2D eigenvalue weighted by Crippen LogP contribution is 2.21. The molecule has 0 fully saturated rings. The number of nitrogens with one attached hydrogen (secondary N) is 1. The fourth-order valence-corrected chi connectivity index (χ4v) is 2.29. The van der Waals surface area contributed by atoms with E-state index in [2.05, 4.69) is 12.2 Å². The van der Waals surface area contributed by atoms with Gasteiger partial charge >= 0.3 is 5.97 Å². The number of unbranched alkanes of at least 4 members (excludes halogenated alkanes) is 1. The van der Waals surface area contributed by atoms with Crippen LogP contribution < -0.4 is 5.32 Å². The molecule has 1 rings (SSSR count). The molecule has 0 radical (unpaired) electrons. The maximum absolute atomic E-state index is 11.6. The van der Waals surface area contributed by atoms with Gasteiger partial charge in [0, 0.05) is 5.69 Å². The average molecular weight is 283 g/mol. The molecule has 0 bridgehead atoms. The fraction of sp³-hybridized carbons (Fsp3) is 0.385. The highest BCUT2D eigenvalue weighted by Gasteiger charge is 2.11. The number of anilines is 1. The molecule has 19 heavy (non-hydrogen) atoms. The minimum absolute atomic E-state index is 0.178. The smallest absolute Gasteiger partial charge is 0.339 e. The number of carbonyl (C=O) groups is 2. The second kappa shape index (κ2) is 7.68. The number of rotatable bonds is 7. The predicted octanol–water partition coefficient (Wildman–Crippen LogP) is 2.56. The minimum atomic E-state index is -1.23. The highest BCUT2D eigenvalue weighted by atomic mass is 32.2. The summed E-state index contributed by atoms with van der Waals surface area (Å²) >= 11 is 1.54. The third-order valence-corrected chi connectivity index (χ3v) is 3.43. The molecule has 1 aromatic rings. The van der Waals surface area contributed by atoms with E-state index in [-0.39, 0.29) is 17.2 Å². The average Bonchev–Trinajstić information content (AvgIpc) is 2.36. The van der Waals surface area contributed by atoms with Crippen LogP contribution in [0.4, 0.5) is 5.69 Å². The van der Waals surface area contributed by atoms with Crippen LogP contribution in [-0.2, 0) is 4.79 Å². The van der Waals surface area contributed by atoms with Crippen molar-refractivity contribution in [2.75, 3.05) is 16.8 Å². The number of amides is 1. The summed E-state index contributed by atoms with van der Waals surface area (Å²) in [5.74, 6) is -0.458. The van der Waals surface area contributed by atoms with Crippen molar-refractivity contribution in [1.82, 2.24) is 0 Å². The Morgan fingerprint density at radius 1 is 1.37 bits per heavy atom. The van der Waals surface area contributed by atoms with E-state index in [0.29, 0.717) is 11.4 Å². The maximum atomic E-state index is 11.6. The number of benzene rings is 1. The molecule has 0 heterocycles. The van der Waals surface area contributed by atoms with Crippen molar-refractivity contribution >= 4 is 29.3 Å². The van der Waals surface area contributed by atoms with Gasteiger partial charge in [0.05, 0.1) is 5.75 Å². The van der Waals surface area contributed by atoms with Crippen LogP contribution in [0.3, 0.4) is 0 Å². The van der Waals surface area contributed by atoms with Gasteiger partial charge in [-0.1, -0.05) is 13.3 Å². The zero-order valence-corrected chi connectivity index (χ0v) is 11.5. The summed E-state index contributed by atoms with van der Waals surface area (Å²) in [6.07, 6.45) is 2.16. The largest absolute Gasteiger partial charge is 0.507 e. The first kappa shape index (κ1) is 15.4. The minimum Gasteiger partial charge on any atom is -0.507 e. The van der Waals surface area contributed by atoms with Gasteiger partial charge in [-0.25, -0.2) is 4.79 Å². The monoisotopic (exact) mass is 283 g/mol. The molecule has 0 saturated carbocycles. The molecule has 0 aliphatic heterocycles. The Morgan fingerprint density at radius 2 is 2.11 bits per heavy atom. The lowest BCUT2D eigenvalue weighted by atomic mass is 10.2. The van der Waals surface area contributed by atoms with E-state index in [4.69, 9.17) is 5.11 Å². The summed E-state index contributed by atoms with van der Waals surface area (Å²) in [6, 6.07) is 3.96. The topological polar surface area (TPSA) is 86.6 Å². The van der Waals surface area contributed by atoms with E-state index in [1.54, 1.807) is 11.8 Å². The Labute approximate surface area is 116 Å². The van der Waals surface area contributed by atoms with Crippen LogP contribution >= 0.6 is 11.8 Å². The number of carbonyl (C=O) groups excluding carboxylic acids is 1. The van der Waals surface area contributed by atoms with Crippen molar-refractivity contribution in [3.8, 4) is 5.75 Å². The highest BCUT2D eigenvalue weighted by molar-refractivity contribution is 7.99. The molecule has 0 unspecified atom stereocenters. The second-order valence-corrected chi connectivity index (χ2v) is 5.10. The third-order valence-electron chi connectivity index (χ3n) is 2.39. The lowest BCUT2D eigenvalue weighted by Gasteiger charge is -2.07. The van der Waals surface area contributed by atoms with Crippen molar-refractivity contribution in [2.24, 2.45) is 0 Å². The lowest BCUT2D eigenvalue weighted by Crippen LogP contribution is -2.14. The van der Waals surface area contributed by atoms with Gasteiger partial charge < -0.3 is 15.5 Å². The number of hydrogen-bond acceptors (Lipinski definition) is 4. The lowest BCUT2D eigenvalue weighted by molar-refractivity contribution is -0.113. The molecular formula is C13H17NO4S. The van der Waals surface area contributed by atoms with Crippen LogP contribution in [0.25, 0.3) is 0 Å². The third kappa shape index (κ3) is 5.21. The molecule has 104 valence electrons. The molecule has 0 aromatic heterocycles. The quantitative estimate of drug-likeness (QED) is 0.529. The van der Waals surface area contributed by atoms with E-state index in [1.807, 2.05) is 0 Å². The van der Waals surface area contributed by atoms with Gasteiger partial charge in [-0.15, -0.1) is 0 Å². The molecule has 1 aromatic carbocycles. The number of hydrogen-bond donors (Lipinski definition) is 3. The number of carboxylic acids is 1. The second-order valence-electron chi connectivity index (χ2n) is 3.99. The first-order valence-corrected chi connectivity index (χ1v) is 7.14. The van der Waals surface area contributed by atoms with Gasteiger partial charge in [0.2, 0.25) is 5.91 Å². The Kier molecular flexibility index (Phi) is 6.21. The molecule has 3 N–H and O–H groups in total. The Balaban J connectivity index is 2.55. The molecule has 5 nitrogen and oxygen atoms in total. The Bertz CT molecular complexity index is 462. The van der Waals surface area contributed by atoms with Crippen LogP contribution in [0.5, 0.6) is 5.75 Å². The molecule has 0 aliphatic rings. The molecule has 0 saturated heterocycles. The number of aromatic carboxylic acids is 1. The normalized spacial score (nSPS) is 10.2. The van der Waals surface area contributed by atoms with Gasteiger partial charge in [-0.3, -0.25) is 4.79 Å². The van der Waals surface area contributed by atoms with Crippen molar-refractivity contribution in [3.63, 3.8) is 0 Å². The van der Waals surface area contributed by atoms with Gasteiger partial charge in [-0.2, -0.15) is 11.8 Å². The first-order valence-electron chi connectivity index (χ1n) is 5.98. The molecule has 0 atom stereocenters. The Morgan fingerprint density at radius 3 is 2.74 bits per heavy atom. The van der Waals surface area contributed by atoms with Crippen LogP contribution in [0.2, 0.25) is 0 Å². The molecule has 0 aliphatic carbocycles. The predicted molar refractivity (Wildman–Crippen MR) is 75.9 cm³/mol. The Hall–Kier alpha value is -1.69. The molecule has 0 spiro atoms. The summed E-state index contributed by atoms with van der Waals surface area (Å²) in [4.78, 5) is 22.4. The molecule has 6 heteroatoms. The summed E-state index contributed by atoms with van der Waals surface area (Å²) in [5, 5.41) is 20.8. The van der Waals surface area contributed by atoms with Gasteiger partial charge in [0.25, 0.3) is 0 Å². The van der Waals surface area contributed by atoms with E-state index in [9.17, 15) is 14.7 Å². The first-order chi connectivity index (χ1) is 9.04. The van der Waals surface area contributed by atoms with Gasteiger partial charge in [0.15, 0.2) is 0 Å². The van der Waals surface area contributed by atoms with Gasteiger partial charge in [0.1, 0.15) is 11.3 Å².